The van der Waals surface area contributed by atoms with Crippen molar-refractivity contribution in [3.63, 3.8) is 0 Å². The monoisotopic (exact) mass is 818 g/mol. The molecule has 0 aromatic carbocycles. The summed E-state index contributed by atoms with van der Waals surface area (Å²) in [5, 5.41) is 0. The Morgan fingerprint density at radius 3 is 1.46 bits per heavy atom. The topological polar surface area (TPSA) is 134 Å². The van der Waals surface area contributed by atoms with Gasteiger partial charge in [0, 0.05) is 19.4 Å². The number of ether oxygens (including phenoxy) is 2. The molecule has 0 spiro atoms. The summed E-state index contributed by atoms with van der Waals surface area (Å²) in [6, 6.07) is 0. The molecule has 0 fully saturated rings. The third kappa shape index (κ3) is 42.6. The number of esters is 2. The molecule has 0 saturated carbocycles. The molecule has 0 rings (SSSR count). The summed E-state index contributed by atoms with van der Waals surface area (Å²) in [5.41, 5.74) is 5.35. The lowest BCUT2D eigenvalue weighted by Gasteiger charge is -2.19. The van der Waals surface area contributed by atoms with Crippen LogP contribution in [0.3, 0.4) is 0 Å². The number of rotatable bonds is 40. The van der Waals surface area contributed by atoms with Gasteiger partial charge in [-0.3, -0.25) is 18.6 Å². The van der Waals surface area contributed by atoms with Crippen molar-refractivity contribution in [1.29, 1.82) is 0 Å². The predicted octanol–water partition coefficient (Wildman–Crippen LogP) is 12.8. The van der Waals surface area contributed by atoms with E-state index in [0.717, 1.165) is 83.5 Å². The van der Waals surface area contributed by atoms with Gasteiger partial charge in [0.25, 0.3) is 0 Å². The van der Waals surface area contributed by atoms with E-state index in [1.54, 1.807) is 0 Å². The van der Waals surface area contributed by atoms with Gasteiger partial charge in [0.05, 0.1) is 13.2 Å². The lowest BCUT2D eigenvalue weighted by molar-refractivity contribution is -0.161. The molecule has 9 nitrogen and oxygen atoms in total. The number of nitrogens with two attached hydrogens (primary N) is 1. The largest absolute Gasteiger partial charge is 0.472 e. The van der Waals surface area contributed by atoms with Crippen molar-refractivity contribution in [2.45, 2.75) is 174 Å². The Hall–Kier alpha value is -2.81. The third-order valence-corrected chi connectivity index (χ3v) is 9.75. The van der Waals surface area contributed by atoms with E-state index in [1.807, 2.05) is 0 Å². The standard InChI is InChI=1S/C47H80NO8P/c1-3-5-7-9-11-13-15-17-19-21-22-24-26-28-30-32-34-36-38-40-47(50)56-45(44-55-57(51,52)54-42-41-48)43-53-46(49)39-37-35-33-31-29-27-25-23-20-18-16-14-12-10-8-6-4-2/h5,7,11-14,17-20,22,24,28,30,45H,3-4,6,8-10,15-16,21,23,25-27,29,31-44,48H2,1-2H3,(H,51,52)/b7-5+,13-11+,14-12+,19-17+,20-18+,24-22+,30-28+/t45-/m1/s1. The van der Waals surface area contributed by atoms with Crippen molar-refractivity contribution in [3.05, 3.63) is 85.1 Å². The summed E-state index contributed by atoms with van der Waals surface area (Å²) >= 11 is 0. The van der Waals surface area contributed by atoms with Gasteiger partial charge in [0.1, 0.15) is 6.61 Å². The molecule has 0 aliphatic carbocycles. The van der Waals surface area contributed by atoms with E-state index in [1.165, 1.54) is 44.9 Å². The van der Waals surface area contributed by atoms with Gasteiger partial charge in [-0.2, -0.15) is 0 Å². The van der Waals surface area contributed by atoms with Gasteiger partial charge in [-0.15, -0.1) is 0 Å². The Bertz CT molecular complexity index is 1210. The Balaban J connectivity index is 4.25. The van der Waals surface area contributed by atoms with E-state index in [0.29, 0.717) is 12.8 Å². The zero-order valence-electron chi connectivity index (χ0n) is 35.8. The number of hydrogen-bond donors (Lipinski definition) is 2. The van der Waals surface area contributed by atoms with Crippen molar-refractivity contribution in [1.82, 2.24) is 0 Å². The fourth-order valence-electron chi connectivity index (χ4n) is 5.51. The van der Waals surface area contributed by atoms with Crippen LogP contribution in [-0.4, -0.2) is 49.3 Å². The molecule has 0 amide bonds. The molecule has 0 heterocycles. The van der Waals surface area contributed by atoms with Crippen LogP contribution in [0.1, 0.15) is 168 Å². The van der Waals surface area contributed by atoms with Crippen LogP contribution in [-0.2, 0) is 32.7 Å². The number of hydrogen-bond acceptors (Lipinski definition) is 8. The normalized spacial score (nSPS) is 14.1. The lowest BCUT2D eigenvalue weighted by Crippen LogP contribution is -2.29. The van der Waals surface area contributed by atoms with Crippen molar-refractivity contribution >= 4 is 19.8 Å². The molecule has 1 unspecified atom stereocenters. The average molecular weight is 818 g/mol. The summed E-state index contributed by atoms with van der Waals surface area (Å²) in [4.78, 5) is 34.9. The summed E-state index contributed by atoms with van der Waals surface area (Å²) in [6.07, 6.45) is 53.2. The second-order valence-corrected chi connectivity index (χ2v) is 15.6. The van der Waals surface area contributed by atoms with Crippen LogP contribution in [0.5, 0.6) is 0 Å². The van der Waals surface area contributed by atoms with Crippen LogP contribution in [0.15, 0.2) is 85.1 Å². The van der Waals surface area contributed by atoms with Gasteiger partial charge < -0.3 is 20.1 Å². The fourth-order valence-corrected chi connectivity index (χ4v) is 6.28. The second-order valence-electron chi connectivity index (χ2n) is 14.2. The van der Waals surface area contributed by atoms with Crippen molar-refractivity contribution in [3.8, 4) is 0 Å². The molecule has 0 saturated heterocycles. The number of carbonyl (C=O) groups excluding carboxylic acids is 2. The lowest BCUT2D eigenvalue weighted by atomic mass is 10.1. The molecular formula is C47H80NO8P. The highest BCUT2D eigenvalue weighted by Gasteiger charge is 2.26. The van der Waals surface area contributed by atoms with Crippen LogP contribution in [0.4, 0.5) is 0 Å². The number of phosphoric ester groups is 1. The Morgan fingerprint density at radius 1 is 0.544 bits per heavy atom. The summed E-state index contributed by atoms with van der Waals surface area (Å²) in [7, 11) is -4.39. The number of unbranched alkanes of at least 4 members (excludes halogenated alkanes) is 13. The summed E-state index contributed by atoms with van der Waals surface area (Å²) < 4.78 is 32.8. The zero-order chi connectivity index (χ0) is 41.8. The maximum absolute atomic E-state index is 12.6. The highest BCUT2D eigenvalue weighted by molar-refractivity contribution is 7.47. The molecule has 0 radical (unpaired) electrons. The van der Waals surface area contributed by atoms with Crippen molar-refractivity contribution in [2.24, 2.45) is 5.73 Å². The van der Waals surface area contributed by atoms with Gasteiger partial charge in [-0.25, -0.2) is 4.57 Å². The molecule has 3 N–H and O–H groups in total. The minimum atomic E-state index is -4.39. The number of allylic oxidation sites excluding steroid dienone is 14. The second kappa shape index (κ2) is 42.8. The highest BCUT2D eigenvalue weighted by Crippen LogP contribution is 2.43. The maximum atomic E-state index is 12.6. The van der Waals surface area contributed by atoms with Gasteiger partial charge in [0.2, 0.25) is 0 Å². The smallest absolute Gasteiger partial charge is 0.462 e. The molecule has 0 bridgehead atoms. The molecule has 326 valence electrons. The Kier molecular flexibility index (Phi) is 40.7. The molecule has 0 aliphatic rings. The molecule has 0 aromatic heterocycles. The van der Waals surface area contributed by atoms with Crippen LogP contribution in [0.25, 0.3) is 0 Å². The van der Waals surface area contributed by atoms with E-state index in [2.05, 4.69) is 98.9 Å². The quantitative estimate of drug-likeness (QED) is 0.0268. The summed E-state index contributed by atoms with van der Waals surface area (Å²) in [6.45, 7) is 3.53. The fraction of sp³-hybridized carbons (Fsp3) is 0.660. The summed E-state index contributed by atoms with van der Waals surface area (Å²) in [5.74, 6) is -0.883. The van der Waals surface area contributed by atoms with Crippen molar-refractivity contribution < 1.29 is 37.6 Å². The van der Waals surface area contributed by atoms with Crippen molar-refractivity contribution in [2.75, 3.05) is 26.4 Å². The molecule has 2 atom stereocenters. The van der Waals surface area contributed by atoms with Gasteiger partial charge >= 0.3 is 19.8 Å². The van der Waals surface area contributed by atoms with E-state index in [9.17, 15) is 19.0 Å². The van der Waals surface area contributed by atoms with Gasteiger partial charge in [0.15, 0.2) is 6.10 Å². The molecule has 10 heteroatoms. The first-order valence-corrected chi connectivity index (χ1v) is 23.6. The predicted molar refractivity (Wildman–Crippen MR) is 238 cm³/mol. The first kappa shape index (κ1) is 54.2. The number of carbonyl (C=O) groups is 2. The van der Waals surface area contributed by atoms with Crippen LogP contribution < -0.4 is 5.73 Å². The minimum absolute atomic E-state index is 0.0419. The van der Waals surface area contributed by atoms with Crippen LogP contribution in [0, 0.1) is 0 Å². The third-order valence-electron chi connectivity index (χ3n) is 8.77. The molecular weight excluding hydrogens is 737 g/mol. The first-order chi connectivity index (χ1) is 27.8. The van der Waals surface area contributed by atoms with Crippen LogP contribution >= 0.6 is 7.82 Å². The van der Waals surface area contributed by atoms with Gasteiger partial charge in [-0.05, 0) is 89.9 Å². The van der Waals surface area contributed by atoms with E-state index in [-0.39, 0.29) is 32.6 Å². The molecule has 57 heavy (non-hydrogen) atoms. The Labute approximate surface area is 347 Å². The number of phosphoric acid groups is 1. The molecule has 0 aliphatic heterocycles. The van der Waals surface area contributed by atoms with E-state index < -0.39 is 32.5 Å². The van der Waals surface area contributed by atoms with Gasteiger partial charge in [-0.1, -0.05) is 150 Å². The maximum Gasteiger partial charge on any atom is 0.472 e. The van der Waals surface area contributed by atoms with Crippen LogP contribution in [0.2, 0.25) is 0 Å². The SMILES string of the molecule is CC/C=C/C/C=C/C/C=C/C/C=C/C/C=C/CCCCCC(=O)O[C@H](COC(=O)CCCCCCCCC/C=C/C/C=C/CCCCC)COP(=O)(O)OCCN. The molecule has 0 aromatic rings. The first-order valence-electron chi connectivity index (χ1n) is 22.1. The van der Waals surface area contributed by atoms with E-state index >= 15 is 0 Å². The average Bonchev–Trinajstić information content (AvgIpc) is 3.20. The zero-order valence-corrected chi connectivity index (χ0v) is 36.7. The minimum Gasteiger partial charge on any atom is -0.462 e. The highest BCUT2D eigenvalue weighted by atomic mass is 31.2. The Morgan fingerprint density at radius 2 is 0.965 bits per heavy atom. The van der Waals surface area contributed by atoms with E-state index in [4.69, 9.17) is 24.3 Å².